The van der Waals surface area contributed by atoms with Crippen LogP contribution in [0.5, 0.6) is 0 Å². The van der Waals surface area contributed by atoms with Crippen molar-refractivity contribution in [3.05, 3.63) is 11.6 Å². The van der Waals surface area contributed by atoms with E-state index in [4.69, 9.17) is 5.73 Å². The number of likely N-dealkylation sites (N-methyl/N-ethyl adjacent to an activating group) is 1. The smallest absolute Gasteiger partial charge is 0.244 e. The number of rotatable bonds is 3. The summed E-state index contributed by atoms with van der Waals surface area (Å²) in [5.41, 5.74) is 5.68. The maximum absolute atomic E-state index is 10.6. The number of carbonyl (C=O) groups excluding carboxylic acids is 1. The lowest BCUT2D eigenvalue weighted by molar-refractivity contribution is -0.114. The first-order valence-corrected chi connectivity index (χ1v) is 3.59. The average Bonchev–Trinajstić information content (AvgIpc) is 1.87. The van der Waals surface area contributed by atoms with Gasteiger partial charge in [-0.3, -0.25) is 4.79 Å². The van der Waals surface area contributed by atoms with Gasteiger partial charge in [-0.25, -0.2) is 0 Å². The molecule has 0 saturated carbocycles. The van der Waals surface area contributed by atoms with Crippen LogP contribution in [0.2, 0.25) is 0 Å². The predicted octanol–water partition coefficient (Wildman–Crippen LogP) is 0.790. The summed E-state index contributed by atoms with van der Waals surface area (Å²) in [5.74, 6) is -0.348. The third-order valence-electron chi connectivity index (χ3n) is 1.69. The van der Waals surface area contributed by atoms with Crippen LogP contribution in [0.3, 0.4) is 0 Å². The molecule has 0 rings (SSSR count). The Bertz CT molecular complexity index is 178. The summed E-state index contributed by atoms with van der Waals surface area (Å²) in [6.45, 7) is 3.73. The summed E-state index contributed by atoms with van der Waals surface area (Å²) < 4.78 is 0. The molecule has 1 atom stereocenters. The van der Waals surface area contributed by atoms with Crippen LogP contribution in [-0.4, -0.2) is 30.9 Å². The van der Waals surface area contributed by atoms with Gasteiger partial charge in [0.1, 0.15) is 0 Å². The molecule has 12 heavy (non-hydrogen) atoms. The third kappa shape index (κ3) is 5.16. The van der Waals surface area contributed by atoms with Gasteiger partial charge in [-0.05, 0) is 27.9 Å². The molecule has 0 heterocycles. The summed E-state index contributed by atoms with van der Waals surface area (Å²) in [5, 5.41) is 0. The highest BCUT2D eigenvalue weighted by Gasteiger charge is 2.03. The van der Waals surface area contributed by atoms with Crippen LogP contribution >= 0.6 is 12.4 Å². The number of nitrogens with two attached hydrogens (primary N) is 1. The highest BCUT2D eigenvalue weighted by molar-refractivity contribution is 5.91. The van der Waals surface area contributed by atoms with Crippen molar-refractivity contribution in [2.75, 3.05) is 14.1 Å². The molecule has 1 unspecified atom stereocenters. The van der Waals surface area contributed by atoms with E-state index < -0.39 is 0 Å². The maximum Gasteiger partial charge on any atom is 0.244 e. The summed E-state index contributed by atoms with van der Waals surface area (Å²) in [6, 6.07) is 0.252. The number of halogens is 1. The molecule has 1 amide bonds. The largest absolute Gasteiger partial charge is 0.366 e. The van der Waals surface area contributed by atoms with Gasteiger partial charge < -0.3 is 10.6 Å². The second-order valence-electron chi connectivity index (χ2n) is 2.92. The van der Waals surface area contributed by atoms with Crippen molar-refractivity contribution in [1.29, 1.82) is 0 Å². The molecular weight excluding hydrogens is 176 g/mol. The van der Waals surface area contributed by atoms with Crippen LogP contribution in [0.4, 0.5) is 0 Å². The number of nitrogens with zero attached hydrogens (tertiary/aromatic N) is 1. The van der Waals surface area contributed by atoms with E-state index in [1.807, 2.05) is 32.0 Å². The molecule has 0 aromatic rings. The maximum atomic E-state index is 10.6. The van der Waals surface area contributed by atoms with Crippen molar-refractivity contribution < 1.29 is 4.79 Å². The summed E-state index contributed by atoms with van der Waals surface area (Å²) in [4.78, 5) is 12.6. The molecule has 0 aromatic heterocycles. The van der Waals surface area contributed by atoms with Crippen LogP contribution < -0.4 is 5.73 Å². The van der Waals surface area contributed by atoms with Gasteiger partial charge in [-0.15, -0.1) is 12.4 Å². The van der Waals surface area contributed by atoms with Crippen molar-refractivity contribution in [3.63, 3.8) is 0 Å². The second-order valence-corrected chi connectivity index (χ2v) is 2.92. The zero-order valence-corrected chi connectivity index (χ0v) is 8.81. The molecule has 0 radical (unpaired) electrons. The first-order chi connectivity index (χ1) is 4.95. The highest BCUT2D eigenvalue weighted by Crippen LogP contribution is 1.98. The number of hydrogen-bond acceptors (Lipinski definition) is 2. The Labute approximate surface area is 80.0 Å². The van der Waals surface area contributed by atoms with Crippen LogP contribution in [0.15, 0.2) is 11.6 Å². The van der Waals surface area contributed by atoms with E-state index in [0.29, 0.717) is 5.57 Å². The normalized spacial score (nSPS) is 13.9. The minimum absolute atomic E-state index is 0. The van der Waals surface area contributed by atoms with Crippen molar-refractivity contribution >= 4 is 18.3 Å². The lowest BCUT2D eigenvalue weighted by atomic mass is 10.2. The molecule has 2 N–H and O–H groups in total. The molecule has 0 saturated heterocycles. The summed E-state index contributed by atoms with van der Waals surface area (Å²) in [6.07, 6.45) is 1.85. The fraction of sp³-hybridized carbons (Fsp3) is 0.625. The van der Waals surface area contributed by atoms with E-state index in [1.165, 1.54) is 0 Å². The summed E-state index contributed by atoms with van der Waals surface area (Å²) in [7, 11) is 3.91. The van der Waals surface area contributed by atoms with E-state index in [1.54, 1.807) is 6.92 Å². The Balaban J connectivity index is 0. The Morgan fingerprint density at radius 3 is 2.17 bits per heavy atom. The molecule has 0 aliphatic rings. The predicted molar refractivity (Wildman–Crippen MR) is 53.3 cm³/mol. The Morgan fingerprint density at radius 2 is 1.92 bits per heavy atom. The van der Waals surface area contributed by atoms with Gasteiger partial charge in [-0.1, -0.05) is 6.08 Å². The molecule has 0 aliphatic heterocycles. The minimum Gasteiger partial charge on any atom is -0.366 e. The molecule has 0 fully saturated rings. The van der Waals surface area contributed by atoms with Gasteiger partial charge in [0, 0.05) is 11.6 Å². The van der Waals surface area contributed by atoms with E-state index in [-0.39, 0.29) is 24.4 Å². The highest BCUT2D eigenvalue weighted by atomic mass is 35.5. The van der Waals surface area contributed by atoms with E-state index in [2.05, 4.69) is 0 Å². The number of amides is 1. The Kier molecular flexibility index (Phi) is 7.04. The lowest BCUT2D eigenvalue weighted by Gasteiger charge is -2.15. The number of carbonyl (C=O) groups is 1. The molecular formula is C8H17ClN2O. The fourth-order valence-corrected chi connectivity index (χ4v) is 0.593. The van der Waals surface area contributed by atoms with Gasteiger partial charge in [0.25, 0.3) is 0 Å². The second kappa shape index (κ2) is 6.03. The SMILES string of the molecule is C/C(=C\C(C)N(C)C)C(N)=O.Cl. The standard InChI is InChI=1S/C8H16N2O.ClH/c1-6(8(9)11)5-7(2)10(3)4;/h5,7H,1-4H3,(H2,9,11);1H/b6-5+;. The van der Waals surface area contributed by atoms with Gasteiger partial charge in [0.05, 0.1) is 0 Å². The fourth-order valence-electron chi connectivity index (χ4n) is 0.593. The van der Waals surface area contributed by atoms with E-state index in [0.717, 1.165) is 0 Å². The van der Waals surface area contributed by atoms with Crippen LogP contribution in [0.1, 0.15) is 13.8 Å². The molecule has 3 nitrogen and oxygen atoms in total. The first-order valence-electron chi connectivity index (χ1n) is 3.59. The minimum atomic E-state index is -0.348. The van der Waals surface area contributed by atoms with E-state index in [9.17, 15) is 4.79 Å². The molecule has 0 spiro atoms. The third-order valence-corrected chi connectivity index (χ3v) is 1.69. The van der Waals surface area contributed by atoms with Gasteiger partial charge >= 0.3 is 0 Å². The van der Waals surface area contributed by atoms with Crippen LogP contribution in [-0.2, 0) is 4.79 Å². The van der Waals surface area contributed by atoms with Crippen molar-refractivity contribution in [1.82, 2.24) is 4.90 Å². The topological polar surface area (TPSA) is 46.3 Å². The van der Waals surface area contributed by atoms with Crippen molar-refractivity contribution in [2.24, 2.45) is 5.73 Å². The Morgan fingerprint density at radius 1 is 1.50 bits per heavy atom. The molecule has 0 aliphatic carbocycles. The average molecular weight is 193 g/mol. The zero-order chi connectivity index (χ0) is 9.02. The van der Waals surface area contributed by atoms with Crippen molar-refractivity contribution in [2.45, 2.75) is 19.9 Å². The van der Waals surface area contributed by atoms with Crippen LogP contribution in [0.25, 0.3) is 0 Å². The first kappa shape index (κ1) is 14.0. The molecule has 0 aromatic carbocycles. The lowest BCUT2D eigenvalue weighted by Crippen LogP contribution is -2.24. The number of hydrogen-bond donors (Lipinski definition) is 1. The van der Waals surface area contributed by atoms with E-state index >= 15 is 0 Å². The van der Waals surface area contributed by atoms with Crippen LogP contribution in [0, 0.1) is 0 Å². The Hall–Kier alpha value is -0.540. The van der Waals surface area contributed by atoms with Gasteiger partial charge in [0.15, 0.2) is 0 Å². The quantitative estimate of drug-likeness (QED) is 0.673. The molecule has 0 bridgehead atoms. The summed E-state index contributed by atoms with van der Waals surface area (Å²) >= 11 is 0. The van der Waals surface area contributed by atoms with Gasteiger partial charge in [0.2, 0.25) is 5.91 Å². The molecule has 4 heteroatoms. The zero-order valence-electron chi connectivity index (χ0n) is 8.00. The van der Waals surface area contributed by atoms with Gasteiger partial charge in [-0.2, -0.15) is 0 Å². The monoisotopic (exact) mass is 192 g/mol. The number of primary amides is 1. The van der Waals surface area contributed by atoms with Crippen molar-refractivity contribution in [3.8, 4) is 0 Å². The molecule has 72 valence electrons.